The molecule has 1 saturated heterocycles. The van der Waals surface area contributed by atoms with E-state index in [4.69, 9.17) is 4.74 Å². The van der Waals surface area contributed by atoms with Gasteiger partial charge in [0.25, 0.3) is 5.91 Å². The molecule has 1 fully saturated rings. The third-order valence-electron chi connectivity index (χ3n) is 4.72. The van der Waals surface area contributed by atoms with E-state index in [-0.39, 0.29) is 12.5 Å². The Labute approximate surface area is 154 Å². The Morgan fingerprint density at radius 3 is 2.65 bits per heavy atom. The Morgan fingerprint density at radius 2 is 1.96 bits per heavy atom. The highest BCUT2D eigenvalue weighted by Gasteiger charge is 2.23. The smallest absolute Gasteiger partial charge is 0.260 e. The lowest BCUT2D eigenvalue weighted by Crippen LogP contribution is -2.41. The van der Waals surface area contributed by atoms with Gasteiger partial charge in [-0.25, -0.2) is 9.97 Å². The maximum atomic E-state index is 12.3. The van der Waals surface area contributed by atoms with Crippen molar-refractivity contribution in [3.05, 3.63) is 47.9 Å². The number of carbonyl (C=O) groups excluding carboxylic acids is 1. The largest absolute Gasteiger partial charge is 0.484 e. The molecule has 1 amide bonds. The number of likely N-dealkylation sites (tertiary alicyclic amines) is 1. The molecule has 0 aliphatic carbocycles. The number of aryl methyl sites for hydroxylation is 1. The van der Waals surface area contributed by atoms with Gasteiger partial charge in [-0.05, 0) is 44.2 Å². The Morgan fingerprint density at radius 1 is 1.23 bits per heavy atom. The van der Waals surface area contributed by atoms with Gasteiger partial charge in [0, 0.05) is 31.9 Å². The second-order valence-corrected chi connectivity index (χ2v) is 6.67. The number of rotatable bonds is 6. The summed E-state index contributed by atoms with van der Waals surface area (Å²) in [5.41, 5.74) is 1.07. The highest BCUT2D eigenvalue weighted by atomic mass is 16.5. The number of carbonyl (C=O) groups is 1. The number of nitrogens with zero attached hydrogens (tertiary/aromatic N) is 3. The molecule has 3 rings (SSSR count). The summed E-state index contributed by atoms with van der Waals surface area (Å²) in [6.07, 6.45) is 2.92. The first-order valence-corrected chi connectivity index (χ1v) is 9.12. The number of ether oxygens (including phenoxy) is 1. The molecule has 0 atom stereocenters. The normalized spacial score (nSPS) is 14.9. The summed E-state index contributed by atoms with van der Waals surface area (Å²) >= 11 is 0. The maximum absolute atomic E-state index is 12.3. The first-order valence-electron chi connectivity index (χ1n) is 9.12. The Bertz CT molecular complexity index is 728. The van der Waals surface area contributed by atoms with Crippen molar-refractivity contribution in [1.29, 1.82) is 0 Å². The van der Waals surface area contributed by atoms with Crippen molar-refractivity contribution >= 4 is 11.7 Å². The minimum atomic E-state index is 0.0580. The molecular weight excluding hydrogens is 328 g/mol. The van der Waals surface area contributed by atoms with E-state index >= 15 is 0 Å². The first kappa shape index (κ1) is 18.2. The van der Waals surface area contributed by atoms with Crippen LogP contribution < -0.4 is 10.1 Å². The average molecular weight is 354 g/mol. The molecule has 0 bridgehead atoms. The molecule has 1 N–H and O–H groups in total. The van der Waals surface area contributed by atoms with Gasteiger partial charge in [0.05, 0.1) is 0 Å². The third kappa shape index (κ3) is 4.94. The molecule has 1 aromatic heterocycles. The van der Waals surface area contributed by atoms with Crippen molar-refractivity contribution < 1.29 is 9.53 Å². The molecule has 6 nitrogen and oxygen atoms in total. The second-order valence-electron chi connectivity index (χ2n) is 6.67. The fraction of sp³-hybridized carbons (Fsp3) is 0.450. The van der Waals surface area contributed by atoms with Crippen molar-refractivity contribution in [3.8, 4) is 5.75 Å². The summed E-state index contributed by atoms with van der Waals surface area (Å²) in [6, 6.07) is 11.5. The van der Waals surface area contributed by atoms with Gasteiger partial charge in [-0.3, -0.25) is 4.79 Å². The summed E-state index contributed by atoms with van der Waals surface area (Å²) in [5, 5.41) is 3.08. The van der Waals surface area contributed by atoms with E-state index in [1.807, 2.05) is 55.3 Å². The summed E-state index contributed by atoms with van der Waals surface area (Å²) in [5.74, 6) is 2.99. The zero-order chi connectivity index (χ0) is 18.4. The van der Waals surface area contributed by atoms with Crippen LogP contribution in [0, 0.1) is 12.8 Å². The molecule has 6 heteroatoms. The lowest BCUT2D eigenvalue weighted by Gasteiger charge is -2.32. The van der Waals surface area contributed by atoms with Crippen LogP contribution in [0.1, 0.15) is 24.4 Å². The SMILES string of the molecule is CNc1cc(CC2CCN(C(=O)COc3ccccc3)CC2)nc(C)n1. The topological polar surface area (TPSA) is 67.4 Å². The number of benzene rings is 1. The van der Waals surface area contributed by atoms with Crippen molar-refractivity contribution in [2.45, 2.75) is 26.2 Å². The van der Waals surface area contributed by atoms with Gasteiger partial charge in [0.1, 0.15) is 17.4 Å². The lowest BCUT2D eigenvalue weighted by molar-refractivity contribution is -0.134. The van der Waals surface area contributed by atoms with Gasteiger partial charge in [-0.2, -0.15) is 0 Å². The molecule has 1 aliphatic rings. The van der Waals surface area contributed by atoms with Crippen LogP contribution in [0.3, 0.4) is 0 Å². The molecule has 26 heavy (non-hydrogen) atoms. The van der Waals surface area contributed by atoms with E-state index in [0.29, 0.717) is 5.92 Å². The molecule has 1 aromatic carbocycles. The van der Waals surface area contributed by atoms with E-state index in [9.17, 15) is 4.79 Å². The van der Waals surface area contributed by atoms with Crippen LogP contribution in [0.2, 0.25) is 0 Å². The Balaban J connectivity index is 1.46. The van der Waals surface area contributed by atoms with Crippen molar-refractivity contribution in [2.75, 3.05) is 32.1 Å². The van der Waals surface area contributed by atoms with Crippen LogP contribution in [0.5, 0.6) is 5.75 Å². The van der Waals surface area contributed by atoms with E-state index in [0.717, 1.165) is 55.4 Å². The number of para-hydroxylation sites is 1. The fourth-order valence-corrected chi connectivity index (χ4v) is 3.30. The van der Waals surface area contributed by atoms with Crippen LogP contribution in [0.25, 0.3) is 0 Å². The van der Waals surface area contributed by atoms with Crippen molar-refractivity contribution in [1.82, 2.24) is 14.9 Å². The summed E-state index contributed by atoms with van der Waals surface area (Å²) in [7, 11) is 1.87. The standard InChI is InChI=1S/C20H26N4O2/c1-15-22-17(13-19(21-2)23-15)12-16-8-10-24(11-9-16)20(25)14-26-18-6-4-3-5-7-18/h3-7,13,16H,8-12,14H2,1-2H3,(H,21,22,23). The van der Waals surface area contributed by atoms with Crippen LogP contribution in [0.15, 0.2) is 36.4 Å². The lowest BCUT2D eigenvalue weighted by atomic mass is 9.92. The van der Waals surface area contributed by atoms with Crippen molar-refractivity contribution in [3.63, 3.8) is 0 Å². The second kappa shape index (κ2) is 8.65. The van der Waals surface area contributed by atoms with Crippen LogP contribution in [0.4, 0.5) is 5.82 Å². The summed E-state index contributed by atoms with van der Waals surface area (Å²) in [6.45, 7) is 3.58. The van der Waals surface area contributed by atoms with E-state index in [1.165, 1.54) is 0 Å². The summed E-state index contributed by atoms with van der Waals surface area (Å²) < 4.78 is 5.57. The predicted molar refractivity (Wildman–Crippen MR) is 101 cm³/mol. The van der Waals surface area contributed by atoms with Gasteiger partial charge >= 0.3 is 0 Å². The number of nitrogens with one attached hydrogen (secondary N) is 1. The average Bonchev–Trinajstić information content (AvgIpc) is 2.67. The van der Waals surface area contributed by atoms with Crippen LogP contribution >= 0.6 is 0 Å². The number of piperidine rings is 1. The van der Waals surface area contributed by atoms with Gasteiger partial charge < -0.3 is 15.0 Å². The molecule has 0 unspecified atom stereocenters. The Kier molecular flexibility index (Phi) is 6.04. The molecule has 0 saturated carbocycles. The number of amides is 1. The molecule has 2 heterocycles. The number of anilines is 1. The molecule has 2 aromatic rings. The van der Waals surface area contributed by atoms with Crippen LogP contribution in [-0.2, 0) is 11.2 Å². The minimum absolute atomic E-state index is 0.0580. The van der Waals surface area contributed by atoms with Crippen molar-refractivity contribution in [2.24, 2.45) is 5.92 Å². The third-order valence-corrected chi connectivity index (χ3v) is 4.72. The zero-order valence-electron chi connectivity index (χ0n) is 15.4. The van der Waals surface area contributed by atoms with Gasteiger partial charge in [-0.15, -0.1) is 0 Å². The van der Waals surface area contributed by atoms with E-state index in [1.54, 1.807) is 0 Å². The van der Waals surface area contributed by atoms with Gasteiger partial charge in [-0.1, -0.05) is 18.2 Å². The number of aromatic nitrogens is 2. The predicted octanol–water partition coefficient (Wildman–Crippen LogP) is 2.69. The molecule has 138 valence electrons. The first-order chi connectivity index (χ1) is 12.6. The monoisotopic (exact) mass is 354 g/mol. The molecule has 0 spiro atoms. The fourth-order valence-electron chi connectivity index (χ4n) is 3.30. The highest BCUT2D eigenvalue weighted by Crippen LogP contribution is 2.22. The molecular formula is C20H26N4O2. The number of hydrogen-bond donors (Lipinski definition) is 1. The van der Waals surface area contributed by atoms with E-state index in [2.05, 4.69) is 15.3 Å². The molecule has 0 radical (unpaired) electrons. The zero-order valence-corrected chi connectivity index (χ0v) is 15.4. The maximum Gasteiger partial charge on any atom is 0.260 e. The van der Waals surface area contributed by atoms with Gasteiger partial charge in [0.2, 0.25) is 0 Å². The molecule has 1 aliphatic heterocycles. The Hall–Kier alpha value is -2.63. The minimum Gasteiger partial charge on any atom is -0.484 e. The van der Waals surface area contributed by atoms with Gasteiger partial charge in [0.15, 0.2) is 6.61 Å². The highest BCUT2D eigenvalue weighted by molar-refractivity contribution is 5.77. The van der Waals surface area contributed by atoms with Crippen LogP contribution in [-0.4, -0.2) is 47.5 Å². The van der Waals surface area contributed by atoms with E-state index < -0.39 is 0 Å². The summed E-state index contributed by atoms with van der Waals surface area (Å²) in [4.78, 5) is 23.1. The quantitative estimate of drug-likeness (QED) is 0.864. The number of hydrogen-bond acceptors (Lipinski definition) is 5.